The van der Waals surface area contributed by atoms with Crippen LogP contribution in [0.3, 0.4) is 0 Å². The summed E-state index contributed by atoms with van der Waals surface area (Å²) < 4.78 is 13.2. The number of halogens is 1. The second-order valence-electron chi connectivity index (χ2n) is 10.6. The molecule has 3 amide bonds. The standard InChI is InChI=1S/C30H35FN4O4/c1-30(2,3)22-15-19(11-14-25(22)36)17-24(27(33)37)34-29(39)26(20-7-5-4-6-8-20)35-28(38)23(32)16-18-9-12-21(31)13-10-18/h4-15,23-24,26,36H,16-17,32H2,1-3H3,(H2,33,37)(H,34,39)(H,35,38). The number of phenolic OH excluding ortho intramolecular Hbond substituents is 1. The van der Waals surface area contributed by atoms with Crippen LogP contribution in [0.25, 0.3) is 0 Å². The van der Waals surface area contributed by atoms with Gasteiger partial charge in [-0.3, -0.25) is 14.4 Å². The van der Waals surface area contributed by atoms with E-state index in [9.17, 15) is 23.9 Å². The number of carbonyl (C=O) groups is 3. The third-order valence-electron chi connectivity index (χ3n) is 6.36. The second-order valence-corrected chi connectivity index (χ2v) is 10.6. The molecule has 7 N–H and O–H groups in total. The fourth-order valence-corrected chi connectivity index (χ4v) is 4.19. The van der Waals surface area contributed by atoms with Crippen LogP contribution < -0.4 is 22.1 Å². The van der Waals surface area contributed by atoms with Crippen molar-refractivity contribution in [2.45, 2.75) is 57.2 Å². The minimum atomic E-state index is -1.15. The van der Waals surface area contributed by atoms with Gasteiger partial charge in [0.2, 0.25) is 17.7 Å². The van der Waals surface area contributed by atoms with E-state index in [2.05, 4.69) is 10.6 Å². The maximum atomic E-state index is 13.4. The van der Waals surface area contributed by atoms with E-state index in [0.717, 1.165) is 0 Å². The number of carbonyl (C=O) groups excluding carboxylic acids is 3. The molecule has 0 saturated heterocycles. The molecule has 9 heteroatoms. The molecular formula is C30H35FN4O4. The molecule has 0 aliphatic rings. The fraction of sp³-hybridized carbons (Fsp3) is 0.300. The van der Waals surface area contributed by atoms with Crippen LogP contribution >= 0.6 is 0 Å². The molecule has 0 radical (unpaired) electrons. The Labute approximate surface area is 227 Å². The van der Waals surface area contributed by atoms with Crippen molar-refractivity contribution in [1.82, 2.24) is 10.6 Å². The van der Waals surface area contributed by atoms with Crippen molar-refractivity contribution in [3.63, 3.8) is 0 Å². The highest BCUT2D eigenvalue weighted by Crippen LogP contribution is 2.31. The van der Waals surface area contributed by atoms with Gasteiger partial charge in [-0.1, -0.05) is 75.4 Å². The molecule has 3 aromatic carbocycles. The van der Waals surface area contributed by atoms with E-state index >= 15 is 0 Å². The Hall–Kier alpha value is -4.24. The van der Waals surface area contributed by atoms with Gasteiger partial charge in [0.05, 0.1) is 6.04 Å². The first-order valence-corrected chi connectivity index (χ1v) is 12.6. The molecule has 206 valence electrons. The van der Waals surface area contributed by atoms with Crippen molar-refractivity contribution in [3.05, 3.63) is 101 Å². The Balaban J connectivity index is 1.79. The van der Waals surface area contributed by atoms with Crippen molar-refractivity contribution in [2.75, 3.05) is 0 Å². The number of aromatic hydroxyl groups is 1. The van der Waals surface area contributed by atoms with Gasteiger partial charge in [-0.15, -0.1) is 0 Å². The molecule has 0 saturated carbocycles. The van der Waals surface area contributed by atoms with Crippen LogP contribution in [0.15, 0.2) is 72.8 Å². The SMILES string of the molecule is CC(C)(C)c1cc(CC(NC(=O)C(NC(=O)C(N)Cc2ccc(F)cc2)c2ccccc2)C(N)=O)ccc1O. The topological polar surface area (TPSA) is 148 Å². The lowest BCUT2D eigenvalue weighted by Gasteiger charge is -2.25. The quantitative estimate of drug-likeness (QED) is 0.271. The fourth-order valence-electron chi connectivity index (χ4n) is 4.19. The highest BCUT2D eigenvalue weighted by Gasteiger charge is 2.29. The van der Waals surface area contributed by atoms with E-state index in [1.807, 2.05) is 20.8 Å². The lowest BCUT2D eigenvalue weighted by atomic mass is 9.84. The largest absolute Gasteiger partial charge is 0.508 e. The maximum absolute atomic E-state index is 13.4. The number of nitrogens with one attached hydrogen (secondary N) is 2. The summed E-state index contributed by atoms with van der Waals surface area (Å²) in [6.45, 7) is 5.85. The van der Waals surface area contributed by atoms with Gasteiger partial charge in [0.25, 0.3) is 0 Å². The zero-order valence-electron chi connectivity index (χ0n) is 22.3. The number of hydrogen-bond acceptors (Lipinski definition) is 5. The number of amides is 3. The second kappa shape index (κ2) is 12.5. The van der Waals surface area contributed by atoms with Crippen LogP contribution in [0, 0.1) is 5.82 Å². The van der Waals surface area contributed by atoms with E-state index in [4.69, 9.17) is 11.5 Å². The van der Waals surface area contributed by atoms with E-state index in [1.165, 1.54) is 24.3 Å². The van der Waals surface area contributed by atoms with Crippen LogP contribution in [-0.2, 0) is 32.6 Å². The number of hydrogen-bond donors (Lipinski definition) is 5. The van der Waals surface area contributed by atoms with Crippen LogP contribution in [0.2, 0.25) is 0 Å². The van der Waals surface area contributed by atoms with Crippen molar-refractivity contribution in [2.24, 2.45) is 11.5 Å². The number of primary amides is 1. The monoisotopic (exact) mass is 534 g/mol. The number of phenols is 1. The van der Waals surface area contributed by atoms with E-state index in [0.29, 0.717) is 22.3 Å². The average molecular weight is 535 g/mol. The normalized spacial score (nSPS) is 13.7. The summed E-state index contributed by atoms with van der Waals surface area (Å²) in [6.07, 6.45) is 0.222. The summed E-state index contributed by atoms with van der Waals surface area (Å²) in [5.41, 5.74) is 13.9. The third-order valence-corrected chi connectivity index (χ3v) is 6.36. The molecule has 0 heterocycles. The Morgan fingerprint density at radius 2 is 1.49 bits per heavy atom. The number of rotatable bonds is 10. The molecule has 0 fully saturated rings. The molecule has 0 aliphatic carbocycles. The average Bonchev–Trinajstić information content (AvgIpc) is 2.88. The molecule has 0 bridgehead atoms. The Kier molecular flexibility index (Phi) is 9.42. The zero-order valence-corrected chi connectivity index (χ0v) is 22.3. The Bertz CT molecular complexity index is 1310. The predicted octanol–water partition coefficient (Wildman–Crippen LogP) is 2.77. The molecule has 39 heavy (non-hydrogen) atoms. The number of benzene rings is 3. The summed E-state index contributed by atoms with van der Waals surface area (Å²) in [5.74, 6) is -2.24. The smallest absolute Gasteiger partial charge is 0.247 e. The molecule has 3 rings (SSSR count). The van der Waals surface area contributed by atoms with Gasteiger partial charge in [0.15, 0.2) is 0 Å². The predicted molar refractivity (Wildman–Crippen MR) is 147 cm³/mol. The van der Waals surface area contributed by atoms with Gasteiger partial charge < -0.3 is 27.2 Å². The molecule has 3 unspecified atom stereocenters. The van der Waals surface area contributed by atoms with Crippen LogP contribution in [0.1, 0.15) is 49.1 Å². The van der Waals surface area contributed by atoms with E-state index < -0.39 is 41.7 Å². The minimum absolute atomic E-state index is 0.0873. The lowest BCUT2D eigenvalue weighted by Crippen LogP contribution is -2.52. The lowest BCUT2D eigenvalue weighted by molar-refractivity contribution is -0.131. The Morgan fingerprint density at radius 3 is 2.08 bits per heavy atom. The summed E-state index contributed by atoms with van der Waals surface area (Å²) in [5, 5.41) is 15.6. The van der Waals surface area contributed by atoms with E-state index in [-0.39, 0.29) is 24.0 Å². The Morgan fingerprint density at radius 1 is 0.872 bits per heavy atom. The van der Waals surface area contributed by atoms with Gasteiger partial charge >= 0.3 is 0 Å². The zero-order chi connectivity index (χ0) is 28.7. The molecular weight excluding hydrogens is 499 g/mol. The van der Waals surface area contributed by atoms with Crippen LogP contribution in [0.4, 0.5) is 4.39 Å². The summed E-state index contributed by atoms with van der Waals surface area (Å²) >= 11 is 0. The van der Waals surface area contributed by atoms with Gasteiger partial charge in [0.1, 0.15) is 23.7 Å². The van der Waals surface area contributed by atoms with E-state index in [1.54, 1.807) is 48.5 Å². The minimum Gasteiger partial charge on any atom is -0.508 e. The van der Waals surface area contributed by atoms with Gasteiger partial charge in [0, 0.05) is 6.42 Å². The molecule has 8 nitrogen and oxygen atoms in total. The molecule has 0 spiro atoms. The first-order chi connectivity index (χ1) is 18.3. The molecule has 0 aromatic heterocycles. The summed E-state index contributed by atoms with van der Waals surface area (Å²) in [7, 11) is 0. The first-order valence-electron chi connectivity index (χ1n) is 12.6. The van der Waals surface area contributed by atoms with Crippen LogP contribution in [-0.4, -0.2) is 34.9 Å². The first kappa shape index (κ1) is 29.3. The molecule has 3 atom stereocenters. The molecule has 3 aromatic rings. The van der Waals surface area contributed by atoms with Crippen molar-refractivity contribution in [1.29, 1.82) is 0 Å². The van der Waals surface area contributed by atoms with Crippen molar-refractivity contribution < 1.29 is 23.9 Å². The van der Waals surface area contributed by atoms with Crippen LogP contribution in [0.5, 0.6) is 5.75 Å². The summed E-state index contributed by atoms with van der Waals surface area (Å²) in [4.78, 5) is 38.7. The van der Waals surface area contributed by atoms with Crippen molar-refractivity contribution in [3.8, 4) is 5.75 Å². The molecule has 0 aliphatic heterocycles. The van der Waals surface area contributed by atoms with Crippen molar-refractivity contribution >= 4 is 17.7 Å². The number of nitrogens with two attached hydrogens (primary N) is 2. The van der Waals surface area contributed by atoms with Gasteiger partial charge in [-0.2, -0.15) is 0 Å². The third kappa shape index (κ3) is 8.12. The maximum Gasteiger partial charge on any atom is 0.247 e. The highest BCUT2D eigenvalue weighted by molar-refractivity contribution is 5.93. The van der Waals surface area contributed by atoms with Gasteiger partial charge in [-0.05, 0) is 52.3 Å². The highest BCUT2D eigenvalue weighted by atomic mass is 19.1. The van der Waals surface area contributed by atoms with Gasteiger partial charge in [-0.25, -0.2) is 4.39 Å². The summed E-state index contributed by atoms with van der Waals surface area (Å²) in [6, 6.07) is 15.9.